The van der Waals surface area contributed by atoms with Gasteiger partial charge in [0.25, 0.3) is 15.7 Å². The first-order valence-electron chi connectivity index (χ1n) is 14.2. The normalized spacial score (nSPS) is 12.6. The van der Waals surface area contributed by atoms with Crippen LogP contribution >= 0.6 is 23.2 Å². The highest BCUT2D eigenvalue weighted by atomic mass is 35.5. The van der Waals surface area contributed by atoms with Crippen LogP contribution < -0.4 is 14.4 Å². The summed E-state index contributed by atoms with van der Waals surface area (Å²) in [5, 5.41) is 15.1. The number of rotatable bonds is 14. The van der Waals surface area contributed by atoms with Gasteiger partial charge in [0, 0.05) is 39.8 Å². The third-order valence-corrected chi connectivity index (χ3v) is 9.86. The minimum Gasteiger partial charge on any atom is -0.497 e. The van der Waals surface area contributed by atoms with Crippen molar-refractivity contribution in [3.63, 3.8) is 0 Å². The summed E-state index contributed by atoms with van der Waals surface area (Å²) in [4.78, 5) is 39.6. The molecule has 0 heterocycles. The van der Waals surface area contributed by atoms with Gasteiger partial charge < -0.3 is 15.0 Å². The zero-order chi connectivity index (χ0) is 33.5. The average Bonchev–Trinajstić information content (AvgIpc) is 3.00. The summed E-state index contributed by atoms with van der Waals surface area (Å²) in [5.74, 6) is -0.703. The second-order valence-electron chi connectivity index (χ2n) is 10.4. The maximum absolute atomic E-state index is 14.3. The van der Waals surface area contributed by atoms with E-state index < -0.39 is 39.3 Å². The highest BCUT2D eigenvalue weighted by molar-refractivity contribution is 7.92. The van der Waals surface area contributed by atoms with Gasteiger partial charge in [0.1, 0.15) is 18.3 Å². The number of nitro groups is 1. The maximum Gasteiger partial charge on any atom is 0.273 e. The van der Waals surface area contributed by atoms with Crippen LogP contribution in [0.2, 0.25) is 10.0 Å². The van der Waals surface area contributed by atoms with Crippen LogP contribution in [-0.4, -0.2) is 55.8 Å². The number of nitrogens with one attached hydrogen (secondary N) is 1. The Kier molecular flexibility index (Phi) is 12.2. The zero-order valence-corrected chi connectivity index (χ0v) is 27.9. The van der Waals surface area contributed by atoms with Crippen molar-refractivity contribution in [1.29, 1.82) is 0 Å². The first-order valence-corrected chi connectivity index (χ1v) is 16.4. The number of anilines is 1. The number of methoxy groups -OCH3 is 1. The van der Waals surface area contributed by atoms with E-state index in [4.69, 9.17) is 27.9 Å². The molecule has 0 spiro atoms. The summed E-state index contributed by atoms with van der Waals surface area (Å²) in [6.07, 6.45) is 0.855. The number of amides is 2. The van der Waals surface area contributed by atoms with E-state index in [0.29, 0.717) is 17.7 Å². The van der Waals surface area contributed by atoms with Gasteiger partial charge in [0.2, 0.25) is 11.8 Å². The summed E-state index contributed by atoms with van der Waals surface area (Å²) < 4.78 is 34.3. The number of hydrogen-bond donors (Lipinski definition) is 1. The van der Waals surface area contributed by atoms with Crippen LogP contribution in [0.15, 0.2) is 65.6 Å². The van der Waals surface area contributed by atoms with Crippen molar-refractivity contribution < 1.29 is 27.7 Å². The quantitative estimate of drug-likeness (QED) is 0.160. The van der Waals surface area contributed by atoms with Crippen molar-refractivity contribution in [3.8, 4) is 5.75 Å². The second-order valence-corrected chi connectivity index (χ2v) is 13.1. The fraction of sp³-hybridized carbons (Fsp3) is 0.355. The van der Waals surface area contributed by atoms with Crippen molar-refractivity contribution >= 4 is 56.4 Å². The van der Waals surface area contributed by atoms with Gasteiger partial charge in [-0.25, -0.2) is 8.42 Å². The SMILES string of the molecule is CC[C@@H](C)NC(=O)[C@H](CC)N(Cc1c(Cl)cccc1Cl)C(=O)CN(c1ccc(OC)cc1)S(=O)(=O)c1ccc(C)c([N+](=O)[O-])c1. The van der Waals surface area contributed by atoms with Crippen molar-refractivity contribution in [2.75, 3.05) is 18.0 Å². The molecule has 2 atom stereocenters. The van der Waals surface area contributed by atoms with Crippen LogP contribution in [-0.2, 0) is 26.2 Å². The Hall–Kier alpha value is -3.87. The van der Waals surface area contributed by atoms with Crippen molar-refractivity contribution in [2.45, 2.75) is 64.1 Å². The second kappa shape index (κ2) is 15.4. The van der Waals surface area contributed by atoms with E-state index in [2.05, 4.69) is 5.32 Å². The molecule has 0 aromatic heterocycles. The molecule has 0 saturated heterocycles. The highest BCUT2D eigenvalue weighted by Crippen LogP contribution is 2.31. The standard InChI is InChI=1S/C31H36Cl2N4O7S/c1-6-21(4)34-31(39)28(7-2)35(18-25-26(32)9-8-10-27(25)33)30(38)19-36(22-12-14-23(44-5)15-13-22)45(42,43)24-16-11-20(3)29(17-24)37(40)41/h8-17,21,28H,6-7,18-19H2,1-5H3,(H,34,39)/t21-,28+/m1/s1. The van der Waals surface area contributed by atoms with Crippen LogP contribution in [0.1, 0.15) is 44.7 Å². The molecular formula is C31H36Cl2N4O7S. The molecule has 45 heavy (non-hydrogen) atoms. The number of nitro benzene ring substituents is 1. The third kappa shape index (κ3) is 8.44. The minimum atomic E-state index is -4.55. The molecule has 0 aliphatic heterocycles. The first kappa shape index (κ1) is 35.6. The average molecular weight is 680 g/mol. The molecule has 0 bridgehead atoms. The Labute approximate surface area is 273 Å². The summed E-state index contributed by atoms with van der Waals surface area (Å²) in [5.41, 5.74) is 0.365. The van der Waals surface area contributed by atoms with Gasteiger partial charge in [-0.15, -0.1) is 0 Å². The number of sulfonamides is 1. The van der Waals surface area contributed by atoms with Gasteiger partial charge >= 0.3 is 0 Å². The lowest BCUT2D eigenvalue weighted by molar-refractivity contribution is -0.385. The van der Waals surface area contributed by atoms with Crippen LogP contribution in [0.3, 0.4) is 0 Å². The Morgan fingerprint density at radius 1 is 1.02 bits per heavy atom. The third-order valence-electron chi connectivity index (χ3n) is 7.38. The summed E-state index contributed by atoms with van der Waals surface area (Å²) >= 11 is 12.9. The van der Waals surface area contributed by atoms with Gasteiger partial charge in [-0.3, -0.25) is 24.0 Å². The summed E-state index contributed by atoms with van der Waals surface area (Å²) in [7, 11) is -3.10. The first-order chi connectivity index (χ1) is 21.2. The van der Waals surface area contributed by atoms with E-state index in [1.165, 1.54) is 55.3 Å². The molecule has 242 valence electrons. The molecular weight excluding hydrogens is 643 g/mol. The maximum atomic E-state index is 14.3. The molecule has 0 aliphatic carbocycles. The molecule has 0 unspecified atom stereocenters. The Morgan fingerprint density at radius 3 is 2.18 bits per heavy atom. The fourth-order valence-corrected chi connectivity index (χ4v) is 6.52. The van der Waals surface area contributed by atoms with E-state index >= 15 is 0 Å². The van der Waals surface area contributed by atoms with E-state index in [1.54, 1.807) is 25.1 Å². The number of ether oxygens (including phenoxy) is 1. The van der Waals surface area contributed by atoms with Gasteiger partial charge in [-0.05, 0) is 69.2 Å². The van der Waals surface area contributed by atoms with E-state index in [-0.39, 0.29) is 50.9 Å². The smallest absolute Gasteiger partial charge is 0.273 e. The molecule has 0 radical (unpaired) electrons. The van der Waals surface area contributed by atoms with E-state index in [0.717, 1.165) is 10.4 Å². The lowest BCUT2D eigenvalue weighted by Crippen LogP contribution is -2.53. The Bertz CT molecular complexity index is 1630. The summed E-state index contributed by atoms with van der Waals surface area (Å²) in [6, 6.07) is 13.2. The van der Waals surface area contributed by atoms with Crippen molar-refractivity contribution in [3.05, 3.63) is 92.0 Å². The van der Waals surface area contributed by atoms with E-state index in [9.17, 15) is 28.1 Å². The van der Waals surface area contributed by atoms with Gasteiger partial charge in [-0.1, -0.05) is 49.2 Å². The molecule has 11 nitrogen and oxygen atoms in total. The topological polar surface area (TPSA) is 139 Å². The number of halogens is 2. The molecule has 0 aliphatic rings. The van der Waals surface area contributed by atoms with Crippen LogP contribution in [0.25, 0.3) is 0 Å². The fourth-order valence-electron chi connectivity index (χ4n) is 4.57. The lowest BCUT2D eigenvalue weighted by atomic mass is 10.1. The Morgan fingerprint density at radius 2 is 1.64 bits per heavy atom. The number of aryl methyl sites for hydroxylation is 1. The van der Waals surface area contributed by atoms with Crippen LogP contribution in [0, 0.1) is 17.0 Å². The predicted molar refractivity (Wildman–Crippen MR) is 174 cm³/mol. The predicted octanol–water partition coefficient (Wildman–Crippen LogP) is 6.14. The molecule has 3 rings (SSSR count). The Balaban J connectivity index is 2.16. The van der Waals surface area contributed by atoms with E-state index in [1.807, 2.05) is 13.8 Å². The van der Waals surface area contributed by atoms with Crippen molar-refractivity contribution in [2.24, 2.45) is 0 Å². The molecule has 1 N–H and O–H groups in total. The molecule has 3 aromatic rings. The van der Waals surface area contributed by atoms with Crippen molar-refractivity contribution in [1.82, 2.24) is 10.2 Å². The molecule has 2 amide bonds. The monoisotopic (exact) mass is 678 g/mol. The number of nitrogens with zero attached hydrogens (tertiary/aromatic N) is 3. The molecule has 0 saturated carbocycles. The minimum absolute atomic E-state index is 0.0974. The van der Waals surface area contributed by atoms with Gasteiger partial charge in [0.05, 0.1) is 22.6 Å². The zero-order valence-electron chi connectivity index (χ0n) is 25.6. The largest absolute Gasteiger partial charge is 0.497 e. The van der Waals surface area contributed by atoms with Gasteiger partial charge in [-0.2, -0.15) is 0 Å². The van der Waals surface area contributed by atoms with Crippen LogP contribution in [0.5, 0.6) is 5.75 Å². The van der Waals surface area contributed by atoms with Crippen LogP contribution in [0.4, 0.5) is 11.4 Å². The molecule has 3 aromatic carbocycles. The molecule has 14 heteroatoms. The number of benzene rings is 3. The molecule has 0 fully saturated rings. The lowest BCUT2D eigenvalue weighted by Gasteiger charge is -2.34. The number of hydrogen-bond acceptors (Lipinski definition) is 7. The van der Waals surface area contributed by atoms with Gasteiger partial charge in [0.15, 0.2) is 0 Å². The number of carbonyl (C=O) groups is 2. The highest BCUT2D eigenvalue weighted by Gasteiger charge is 2.35. The number of carbonyl (C=O) groups excluding carboxylic acids is 2. The summed E-state index contributed by atoms with van der Waals surface area (Å²) in [6.45, 7) is 6.04.